The molecule has 4 N–H and O–H groups in total. The highest BCUT2D eigenvalue weighted by Crippen LogP contribution is 2.37. The summed E-state index contributed by atoms with van der Waals surface area (Å²) in [5.74, 6) is -0.179. The zero-order valence-electron chi connectivity index (χ0n) is 16.3. The molecule has 1 saturated heterocycles. The summed E-state index contributed by atoms with van der Waals surface area (Å²) in [6, 6.07) is 13.8. The van der Waals surface area contributed by atoms with E-state index in [4.69, 9.17) is 0 Å². The van der Waals surface area contributed by atoms with Crippen LogP contribution in [0.4, 0.5) is 16.2 Å². The van der Waals surface area contributed by atoms with Crippen LogP contribution in [-0.4, -0.2) is 24.5 Å². The summed E-state index contributed by atoms with van der Waals surface area (Å²) < 4.78 is 0. The molecular weight excluding hydrogens is 352 g/mol. The van der Waals surface area contributed by atoms with E-state index in [0.717, 1.165) is 29.8 Å². The summed E-state index contributed by atoms with van der Waals surface area (Å²) in [7, 11) is 0. The third-order valence-electron chi connectivity index (χ3n) is 5.34. The van der Waals surface area contributed by atoms with Gasteiger partial charge in [-0.2, -0.15) is 0 Å². The molecule has 2 aliphatic rings. The Labute approximate surface area is 165 Å². The lowest BCUT2D eigenvalue weighted by atomic mass is 9.90. The number of nitrogens with one attached hydrogen (secondary N) is 4. The molecule has 0 bridgehead atoms. The molecule has 1 fully saturated rings. The predicted octanol–water partition coefficient (Wildman–Crippen LogP) is 2.85. The zero-order valence-corrected chi connectivity index (χ0v) is 16.3. The van der Waals surface area contributed by atoms with Crippen LogP contribution in [0.1, 0.15) is 30.5 Å². The molecule has 6 heteroatoms. The molecule has 1 heterocycles. The van der Waals surface area contributed by atoms with E-state index in [1.807, 2.05) is 24.3 Å². The standard InChI is InChI=1S/C22H26N4O2/c1-22(2)10-15-5-8-18(9-16(15)11-22)25-17-6-3-14(4-7-17)12-23-20(27)19-13-24-21(28)26-19/h3-9,19,25H,10-13H2,1-2H3,(H,23,27)(H2,24,26,28). The van der Waals surface area contributed by atoms with Crippen molar-refractivity contribution in [2.45, 2.75) is 39.3 Å². The molecule has 0 aromatic heterocycles. The molecule has 0 saturated carbocycles. The van der Waals surface area contributed by atoms with Crippen molar-refractivity contribution in [1.29, 1.82) is 0 Å². The predicted molar refractivity (Wildman–Crippen MR) is 110 cm³/mol. The number of anilines is 2. The van der Waals surface area contributed by atoms with Gasteiger partial charge in [-0.3, -0.25) is 4.79 Å². The van der Waals surface area contributed by atoms with Crippen LogP contribution >= 0.6 is 0 Å². The van der Waals surface area contributed by atoms with Gasteiger partial charge in [0, 0.05) is 24.5 Å². The second kappa shape index (κ2) is 7.19. The number of rotatable bonds is 5. The molecule has 0 radical (unpaired) electrons. The number of fused-ring (bicyclic) bond motifs is 1. The summed E-state index contributed by atoms with van der Waals surface area (Å²) in [4.78, 5) is 23.1. The molecule has 28 heavy (non-hydrogen) atoms. The number of benzene rings is 2. The molecule has 6 nitrogen and oxygen atoms in total. The topological polar surface area (TPSA) is 82.3 Å². The average Bonchev–Trinajstić information content (AvgIpc) is 3.22. The Kier molecular flexibility index (Phi) is 4.71. The van der Waals surface area contributed by atoms with E-state index >= 15 is 0 Å². The molecule has 0 spiro atoms. The number of carbonyl (C=O) groups excluding carboxylic acids is 2. The normalized spacial score (nSPS) is 19.5. The van der Waals surface area contributed by atoms with Gasteiger partial charge < -0.3 is 21.3 Å². The highest BCUT2D eigenvalue weighted by atomic mass is 16.2. The fourth-order valence-electron chi connectivity index (χ4n) is 3.93. The van der Waals surface area contributed by atoms with E-state index in [2.05, 4.69) is 53.3 Å². The van der Waals surface area contributed by atoms with Gasteiger partial charge in [0.2, 0.25) is 5.91 Å². The molecule has 3 amide bonds. The summed E-state index contributed by atoms with van der Waals surface area (Å²) in [6.45, 7) is 5.38. The van der Waals surface area contributed by atoms with Crippen LogP contribution < -0.4 is 21.3 Å². The van der Waals surface area contributed by atoms with E-state index < -0.39 is 6.04 Å². The third kappa shape index (κ3) is 4.11. The number of hydrogen-bond donors (Lipinski definition) is 4. The highest BCUT2D eigenvalue weighted by Gasteiger charge is 2.28. The third-order valence-corrected chi connectivity index (χ3v) is 5.34. The van der Waals surface area contributed by atoms with Crippen LogP contribution in [-0.2, 0) is 24.2 Å². The first-order valence-corrected chi connectivity index (χ1v) is 9.68. The van der Waals surface area contributed by atoms with Gasteiger partial charge in [0.1, 0.15) is 6.04 Å². The van der Waals surface area contributed by atoms with E-state index in [0.29, 0.717) is 18.5 Å². The smallest absolute Gasteiger partial charge is 0.315 e. The zero-order chi connectivity index (χ0) is 19.7. The van der Waals surface area contributed by atoms with Crippen molar-refractivity contribution in [1.82, 2.24) is 16.0 Å². The maximum atomic E-state index is 12.0. The van der Waals surface area contributed by atoms with Crippen molar-refractivity contribution in [3.05, 3.63) is 59.2 Å². The molecule has 2 aromatic carbocycles. The summed E-state index contributed by atoms with van der Waals surface area (Å²) in [6.07, 6.45) is 2.26. The van der Waals surface area contributed by atoms with Crippen LogP contribution in [0.3, 0.4) is 0 Å². The first-order valence-electron chi connectivity index (χ1n) is 9.68. The first kappa shape index (κ1) is 18.3. The van der Waals surface area contributed by atoms with Crippen molar-refractivity contribution in [3.63, 3.8) is 0 Å². The molecule has 2 aromatic rings. The minimum Gasteiger partial charge on any atom is -0.356 e. The van der Waals surface area contributed by atoms with Crippen LogP contribution in [0.5, 0.6) is 0 Å². The molecule has 1 unspecified atom stereocenters. The Balaban J connectivity index is 1.33. The fraction of sp³-hybridized carbons (Fsp3) is 0.364. The Hall–Kier alpha value is -3.02. The van der Waals surface area contributed by atoms with Crippen molar-refractivity contribution >= 4 is 23.3 Å². The lowest BCUT2D eigenvalue weighted by Crippen LogP contribution is -2.42. The molecule has 1 aliphatic heterocycles. The lowest BCUT2D eigenvalue weighted by molar-refractivity contribution is -0.122. The molecule has 4 rings (SSSR count). The quantitative estimate of drug-likeness (QED) is 0.646. The molecule has 146 valence electrons. The maximum Gasteiger partial charge on any atom is 0.315 e. The Morgan fingerprint density at radius 3 is 2.50 bits per heavy atom. The van der Waals surface area contributed by atoms with Gasteiger partial charge >= 0.3 is 6.03 Å². The number of hydrogen-bond acceptors (Lipinski definition) is 3. The van der Waals surface area contributed by atoms with E-state index in [1.165, 1.54) is 11.1 Å². The minimum atomic E-state index is -0.502. The number of urea groups is 1. The number of amides is 3. The SMILES string of the molecule is CC1(C)Cc2ccc(Nc3ccc(CNC(=O)C4CNC(=O)N4)cc3)cc2C1. The highest BCUT2D eigenvalue weighted by molar-refractivity contribution is 5.90. The van der Waals surface area contributed by atoms with Gasteiger partial charge in [0.25, 0.3) is 0 Å². The second-order valence-electron chi connectivity index (χ2n) is 8.45. The van der Waals surface area contributed by atoms with Gasteiger partial charge in [-0.05, 0) is 59.2 Å². The van der Waals surface area contributed by atoms with Crippen LogP contribution in [0, 0.1) is 5.41 Å². The van der Waals surface area contributed by atoms with Crippen molar-refractivity contribution in [2.24, 2.45) is 5.41 Å². The van der Waals surface area contributed by atoms with Crippen LogP contribution in [0.25, 0.3) is 0 Å². The van der Waals surface area contributed by atoms with Crippen molar-refractivity contribution in [3.8, 4) is 0 Å². The fourth-order valence-corrected chi connectivity index (χ4v) is 3.93. The second-order valence-corrected chi connectivity index (χ2v) is 8.45. The summed E-state index contributed by atoms with van der Waals surface area (Å²) >= 11 is 0. The van der Waals surface area contributed by atoms with Gasteiger partial charge in [-0.15, -0.1) is 0 Å². The van der Waals surface area contributed by atoms with Crippen LogP contribution in [0.2, 0.25) is 0 Å². The largest absolute Gasteiger partial charge is 0.356 e. The van der Waals surface area contributed by atoms with Gasteiger partial charge in [0.05, 0.1) is 0 Å². The van der Waals surface area contributed by atoms with Gasteiger partial charge in [0.15, 0.2) is 0 Å². The Bertz CT molecular complexity index is 905. The number of carbonyl (C=O) groups is 2. The van der Waals surface area contributed by atoms with Crippen LogP contribution in [0.15, 0.2) is 42.5 Å². The van der Waals surface area contributed by atoms with Crippen molar-refractivity contribution in [2.75, 3.05) is 11.9 Å². The minimum absolute atomic E-state index is 0.179. The maximum absolute atomic E-state index is 12.0. The molecule has 1 aliphatic carbocycles. The first-order chi connectivity index (χ1) is 13.4. The molecule has 1 atom stereocenters. The van der Waals surface area contributed by atoms with Crippen molar-refractivity contribution < 1.29 is 9.59 Å². The monoisotopic (exact) mass is 378 g/mol. The van der Waals surface area contributed by atoms with E-state index in [9.17, 15) is 9.59 Å². The van der Waals surface area contributed by atoms with Gasteiger partial charge in [-0.1, -0.05) is 32.0 Å². The molecular formula is C22H26N4O2. The van der Waals surface area contributed by atoms with E-state index in [-0.39, 0.29) is 11.9 Å². The Morgan fingerprint density at radius 2 is 1.79 bits per heavy atom. The van der Waals surface area contributed by atoms with Gasteiger partial charge in [-0.25, -0.2) is 4.79 Å². The summed E-state index contributed by atoms with van der Waals surface area (Å²) in [5, 5.41) is 11.5. The average molecular weight is 378 g/mol. The Morgan fingerprint density at radius 1 is 1.07 bits per heavy atom. The summed E-state index contributed by atoms with van der Waals surface area (Å²) in [5.41, 5.74) is 6.36. The lowest BCUT2D eigenvalue weighted by Gasteiger charge is -2.14. The van der Waals surface area contributed by atoms with E-state index in [1.54, 1.807) is 0 Å².